The van der Waals surface area contributed by atoms with E-state index < -0.39 is 33.3 Å². The van der Waals surface area contributed by atoms with Crippen molar-refractivity contribution in [1.29, 1.82) is 0 Å². The fourth-order valence-electron chi connectivity index (χ4n) is 2.61. The molecule has 0 radical (unpaired) electrons. The Balaban J connectivity index is 2.37. The Hall–Kier alpha value is -3.32. The zero-order valence-corrected chi connectivity index (χ0v) is 19.3. The molecule has 0 fully saturated rings. The summed E-state index contributed by atoms with van der Waals surface area (Å²) >= 11 is 0. The molecule has 0 aromatic heterocycles. The quantitative estimate of drug-likeness (QED) is 0.266. The Bertz CT molecular complexity index is 1180. The summed E-state index contributed by atoms with van der Waals surface area (Å²) < 4.78 is 70.2. The van der Waals surface area contributed by atoms with Gasteiger partial charge < -0.3 is 4.74 Å². The summed E-state index contributed by atoms with van der Waals surface area (Å²) in [6, 6.07) is 10.2. The van der Waals surface area contributed by atoms with E-state index in [1.165, 1.54) is 31.2 Å². The minimum Gasteiger partial charge on any atom is -0.447 e. The number of hydrazone groups is 1. The SMILES string of the molecule is CC(=O)OC(C)(C)C#CCN(/N=C/c1ccc(C(F)(F)F)cc1)S(=O)(=O)c1ccc(C)cc1. The monoisotopic (exact) mass is 480 g/mol. The average Bonchev–Trinajstić information content (AvgIpc) is 2.69. The largest absolute Gasteiger partial charge is 0.447 e. The number of hydrogen-bond acceptors (Lipinski definition) is 5. The van der Waals surface area contributed by atoms with E-state index in [1.54, 1.807) is 32.9 Å². The van der Waals surface area contributed by atoms with Crippen LogP contribution in [-0.2, 0) is 25.7 Å². The third-order valence-electron chi connectivity index (χ3n) is 4.17. The summed E-state index contributed by atoms with van der Waals surface area (Å²) in [7, 11) is -4.12. The van der Waals surface area contributed by atoms with Crippen LogP contribution in [-0.4, -0.2) is 37.2 Å². The summed E-state index contributed by atoms with van der Waals surface area (Å²) in [5.41, 5.74) is -0.859. The van der Waals surface area contributed by atoms with Crippen LogP contribution in [0.1, 0.15) is 37.5 Å². The van der Waals surface area contributed by atoms with Crippen molar-refractivity contribution in [3.05, 3.63) is 65.2 Å². The summed E-state index contributed by atoms with van der Waals surface area (Å²) in [5, 5.41) is 3.97. The Morgan fingerprint density at radius 1 is 1.09 bits per heavy atom. The lowest BCUT2D eigenvalue weighted by Gasteiger charge is -2.19. The molecule has 2 aromatic carbocycles. The number of nitrogens with zero attached hydrogens (tertiary/aromatic N) is 2. The molecule has 0 aliphatic rings. The number of halogens is 3. The van der Waals surface area contributed by atoms with Crippen LogP contribution in [0.2, 0.25) is 0 Å². The molecule has 176 valence electrons. The first kappa shape index (κ1) is 25.9. The molecule has 2 rings (SSSR count). The maximum atomic E-state index is 13.1. The average molecular weight is 481 g/mol. The van der Waals surface area contributed by atoms with Crippen LogP contribution in [0.4, 0.5) is 13.2 Å². The van der Waals surface area contributed by atoms with Crippen molar-refractivity contribution in [2.45, 2.75) is 44.4 Å². The lowest BCUT2D eigenvalue weighted by Crippen LogP contribution is -2.28. The molecule has 0 unspecified atom stereocenters. The molecular weight excluding hydrogens is 457 g/mol. The molecule has 2 aromatic rings. The van der Waals surface area contributed by atoms with Crippen LogP contribution < -0.4 is 0 Å². The summed E-state index contributed by atoms with van der Waals surface area (Å²) in [6.07, 6.45) is -3.36. The predicted octanol–water partition coefficient (Wildman–Crippen LogP) is 4.38. The standard InChI is InChI=1S/C23H23F3N2O4S/c1-17-6-12-21(13-7-17)33(30,31)28(15-5-14-22(3,4)32-18(2)29)27-16-19-8-10-20(11-9-19)23(24,25)26/h6-13,16H,15H2,1-4H3/b27-16+. The zero-order chi connectivity index (χ0) is 24.9. The summed E-state index contributed by atoms with van der Waals surface area (Å²) in [4.78, 5) is 11.2. The van der Waals surface area contributed by atoms with Crippen molar-refractivity contribution >= 4 is 22.2 Å². The number of esters is 1. The first-order chi connectivity index (χ1) is 15.2. The van der Waals surface area contributed by atoms with E-state index >= 15 is 0 Å². The number of alkyl halides is 3. The van der Waals surface area contributed by atoms with Crippen LogP contribution in [0, 0.1) is 18.8 Å². The Kier molecular flexibility index (Phi) is 7.93. The van der Waals surface area contributed by atoms with Crippen molar-refractivity contribution in [2.75, 3.05) is 6.54 Å². The lowest BCUT2D eigenvalue weighted by molar-refractivity contribution is -0.149. The van der Waals surface area contributed by atoms with E-state index in [4.69, 9.17) is 4.74 Å². The molecule has 0 aliphatic heterocycles. The molecule has 0 spiro atoms. The molecule has 0 saturated heterocycles. The molecule has 6 nitrogen and oxygen atoms in total. The third kappa shape index (κ3) is 7.64. The smallest absolute Gasteiger partial charge is 0.416 e. The second-order valence-electron chi connectivity index (χ2n) is 7.57. The van der Waals surface area contributed by atoms with Gasteiger partial charge in [0.25, 0.3) is 10.0 Å². The Morgan fingerprint density at radius 3 is 2.18 bits per heavy atom. The minimum absolute atomic E-state index is 0.0290. The zero-order valence-electron chi connectivity index (χ0n) is 18.5. The maximum absolute atomic E-state index is 13.1. The minimum atomic E-state index is -4.49. The highest BCUT2D eigenvalue weighted by molar-refractivity contribution is 7.89. The molecule has 0 saturated carbocycles. The summed E-state index contributed by atoms with van der Waals surface area (Å²) in [6.45, 7) is 5.75. The number of hydrogen-bond donors (Lipinski definition) is 0. The van der Waals surface area contributed by atoms with E-state index in [0.717, 1.165) is 28.3 Å². The molecule has 0 amide bonds. The Labute approximate surface area is 191 Å². The third-order valence-corrected chi connectivity index (χ3v) is 5.82. The molecule has 0 heterocycles. The highest BCUT2D eigenvalue weighted by atomic mass is 32.2. The predicted molar refractivity (Wildman–Crippen MR) is 118 cm³/mol. The van der Waals surface area contributed by atoms with Gasteiger partial charge in [-0.05, 0) is 50.6 Å². The number of benzene rings is 2. The first-order valence-corrected chi connectivity index (χ1v) is 11.1. The number of sulfonamides is 1. The number of carbonyl (C=O) groups excluding carboxylic acids is 1. The number of aryl methyl sites for hydroxylation is 1. The molecule has 0 bridgehead atoms. The van der Waals surface area contributed by atoms with E-state index in [0.29, 0.717) is 0 Å². The van der Waals surface area contributed by atoms with Gasteiger partial charge in [0.1, 0.15) is 6.54 Å². The van der Waals surface area contributed by atoms with Crippen molar-refractivity contribution in [3.8, 4) is 11.8 Å². The van der Waals surface area contributed by atoms with Gasteiger partial charge in [-0.15, -0.1) is 0 Å². The Morgan fingerprint density at radius 2 is 1.67 bits per heavy atom. The van der Waals surface area contributed by atoms with Gasteiger partial charge in [-0.2, -0.15) is 31.1 Å². The normalized spacial score (nSPS) is 12.2. The van der Waals surface area contributed by atoms with Gasteiger partial charge in [0.05, 0.1) is 16.7 Å². The van der Waals surface area contributed by atoms with Crippen molar-refractivity contribution in [2.24, 2.45) is 5.10 Å². The van der Waals surface area contributed by atoms with Gasteiger partial charge in [0.15, 0.2) is 5.60 Å². The van der Waals surface area contributed by atoms with Gasteiger partial charge in [0.2, 0.25) is 0 Å². The molecule has 0 atom stereocenters. The van der Waals surface area contributed by atoms with Gasteiger partial charge in [0, 0.05) is 6.92 Å². The van der Waals surface area contributed by atoms with Gasteiger partial charge in [-0.25, -0.2) is 0 Å². The first-order valence-electron chi connectivity index (χ1n) is 9.71. The second-order valence-corrected chi connectivity index (χ2v) is 9.41. The molecule has 0 aliphatic carbocycles. The number of carbonyl (C=O) groups is 1. The van der Waals surface area contributed by atoms with Gasteiger partial charge in [-0.3, -0.25) is 4.79 Å². The second kappa shape index (κ2) is 10.1. The van der Waals surface area contributed by atoms with Crippen LogP contribution in [0.25, 0.3) is 0 Å². The summed E-state index contributed by atoms with van der Waals surface area (Å²) in [5.74, 6) is 4.78. The molecule has 33 heavy (non-hydrogen) atoms. The fraction of sp³-hybridized carbons (Fsp3) is 0.304. The number of rotatable bonds is 6. The highest BCUT2D eigenvalue weighted by Crippen LogP contribution is 2.29. The van der Waals surface area contributed by atoms with Gasteiger partial charge in [-0.1, -0.05) is 41.7 Å². The lowest BCUT2D eigenvalue weighted by atomic mass is 10.1. The van der Waals surface area contributed by atoms with Crippen LogP contribution >= 0.6 is 0 Å². The van der Waals surface area contributed by atoms with Crippen LogP contribution in [0.5, 0.6) is 0 Å². The maximum Gasteiger partial charge on any atom is 0.416 e. The van der Waals surface area contributed by atoms with Crippen molar-refractivity contribution in [1.82, 2.24) is 4.41 Å². The molecule has 0 N–H and O–H groups in total. The number of ether oxygens (including phenoxy) is 1. The van der Waals surface area contributed by atoms with Crippen LogP contribution in [0.15, 0.2) is 58.5 Å². The van der Waals surface area contributed by atoms with Gasteiger partial charge >= 0.3 is 12.1 Å². The van der Waals surface area contributed by atoms with Crippen molar-refractivity contribution in [3.63, 3.8) is 0 Å². The topological polar surface area (TPSA) is 76.0 Å². The van der Waals surface area contributed by atoms with Crippen LogP contribution in [0.3, 0.4) is 0 Å². The van der Waals surface area contributed by atoms with Crippen molar-refractivity contribution < 1.29 is 31.1 Å². The fourth-order valence-corrected chi connectivity index (χ4v) is 3.74. The van der Waals surface area contributed by atoms with E-state index in [9.17, 15) is 26.4 Å². The van der Waals surface area contributed by atoms with E-state index in [-0.39, 0.29) is 17.0 Å². The molecule has 10 heteroatoms. The van der Waals surface area contributed by atoms with E-state index in [2.05, 4.69) is 16.9 Å². The highest BCUT2D eigenvalue weighted by Gasteiger charge is 2.30. The molecular formula is C23H23F3N2O4S. The van der Waals surface area contributed by atoms with E-state index in [1.807, 2.05) is 0 Å².